The second-order valence-electron chi connectivity index (χ2n) is 5.76. The summed E-state index contributed by atoms with van der Waals surface area (Å²) in [5, 5.41) is 8.94. The van der Waals surface area contributed by atoms with Crippen LogP contribution in [0.2, 0.25) is 12.6 Å². The fourth-order valence-corrected chi connectivity index (χ4v) is 3.29. The van der Waals surface area contributed by atoms with Gasteiger partial charge in [-0.25, -0.2) is 5.26 Å². The molecule has 2 heterocycles. The summed E-state index contributed by atoms with van der Waals surface area (Å²) in [5.41, 5.74) is 0.458. The fourth-order valence-electron chi connectivity index (χ4n) is 3.29. The van der Waals surface area contributed by atoms with Crippen LogP contribution in [0, 0.1) is 16.6 Å². The Morgan fingerprint density at radius 3 is 2.44 bits per heavy atom. The number of hydrogen-bond donors (Lipinski definition) is 0. The molecule has 2 aliphatic heterocycles. The van der Waals surface area contributed by atoms with Crippen LogP contribution in [0.15, 0.2) is 0 Å². The van der Waals surface area contributed by atoms with Crippen molar-refractivity contribution >= 4 is 12.7 Å². The Morgan fingerprint density at radius 1 is 1.33 bits per heavy atom. The van der Waals surface area contributed by atoms with Gasteiger partial charge in [0.15, 0.2) is 0 Å². The molecule has 0 saturated carbocycles. The molecule has 0 N–H and O–H groups in total. The van der Waals surface area contributed by atoms with Gasteiger partial charge in [0.1, 0.15) is 0 Å². The topological polar surface area (TPSA) is 53.3 Å². The zero-order valence-corrected chi connectivity index (χ0v) is 11.2. The summed E-state index contributed by atoms with van der Waals surface area (Å²) in [4.78, 5) is 13.4. The largest absolute Gasteiger partial charge is 0.468 e. The van der Waals surface area contributed by atoms with E-state index in [-0.39, 0.29) is 12.7 Å². The van der Waals surface area contributed by atoms with Gasteiger partial charge < -0.3 is 4.74 Å². The van der Waals surface area contributed by atoms with Crippen molar-refractivity contribution in [2.75, 3.05) is 26.7 Å². The molecule has 0 aromatic carbocycles. The lowest BCUT2D eigenvalue weighted by Gasteiger charge is -2.44. The number of carbonyl (C=O) groups is 1. The fraction of sp³-hybridized carbons (Fsp3) is 0.846. The SMILES string of the molecule is COC(=O)CN1CCC2(CCB(C#N)CC2)CC1. The number of ether oxygens (including phenoxy) is 1. The summed E-state index contributed by atoms with van der Waals surface area (Å²) in [6.45, 7) is 2.69. The minimum atomic E-state index is -0.140. The Bertz CT molecular complexity index is 335. The first kappa shape index (κ1) is 13.4. The van der Waals surface area contributed by atoms with Gasteiger partial charge in [0.05, 0.1) is 13.7 Å². The number of piperidine rings is 1. The van der Waals surface area contributed by atoms with Gasteiger partial charge in [0.2, 0.25) is 0 Å². The van der Waals surface area contributed by atoms with Gasteiger partial charge >= 0.3 is 5.97 Å². The summed E-state index contributed by atoms with van der Waals surface area (Å²) in [6, 6.07) is 0. The summed E-state index contributed by atoms with van der Waals surface area (Å²) in [5.74, 6) is 2.26. The molecule has 0 radical (unpaired) electrons. The molecule has 0 aromatic rings. The predicted octanol–water partition coefficient (Wildman–Crippen LogP) is 1.59. The van der Waals surface area contributed by atoms with E-state index in [1.807, 2.05) is 0 Å². The summed E-state index contributed by atoms with van der Waals surface area (Å²) >= 11 is 0. The molecule has 2 saturated heterocycles. The van der Waals surface area contributed by atoms with Gasteiger partial charge in [0.25, 0.3) is 6.71 Å². The molecule has 4 nitrogen and oxygen atoms in total. The number of esters is 1. The van der Waals surface area contributed by atoms with E-state index in [0.29, 0.717) is 12.0 Å². The van der Waals surface area contributed by atoms with E-state index in [1.165, 1.54) is 32.8 Å². The monoisotopic (exact) mass is 248 g/mol. The molecule has 0 amide bonds. The van der Waals surface area contributed by atoms with Gasteiger partial charge in [0, 0.05) is 5.97 Å². The van der Waals surface area contributed by atoms with Crippen LogP contribution in [0.3, 0.4) is 0 Å². The molecule has 2 aliphatic rings. The minimum Gasteiger partial charge on any atom is -0.468 e. The maximum atomic E-state index is 11.2. The summed E-state index contributed by atoms with van der Waals surface area (Å²) in [7, 11) is 1.44. The van der Waals surface area contributed by atoms with Gasteiger partial charge in [-0.05, 0) is 31.3 Å². The van der Waals surface area contributed by atoms with Gasteiger partial charge in [-0.1, -0.05) is 25.5 Å². The van der Waals surface area contributed by atoms with Gasteiger partial charge in [-0.2, -0.15) is 0 Å². The van der Waals surface area contributed by atoms with E-state index >= 15 is 0 Å². The minimum absolute atomic E-state index is 0.140. The number of carbonyl (C=O) groups excluding carboxylic acids is 1. The normalized spacial score (nSPS) is 23.7. The lowest BCUT2D eigenvalue weighted by atomic mass is 9.39. The van der Waals surface area contributed by atoms with Crippen LogP contribution in [0.5, 0.6) is 0 Å². The lowest BCUT2D eigenvalue weighted by Crippen LogP contribution is -2.44. The predicted molar refractivity (Wildman–Crippen MR) is 70.3 cm³/mol. The smallest absolute Gasteiger partial charge is 0.319 e. The van der Waals surface area contributed by atoms with Crippen LogP contribution in [0.4, 0.5) is 0 Å². The molecule has 0 aromatic heterocycles. The number of hydrogen-bond acceptors (Lipinski definition) is 4. The summed E-state index contributed by atoms with van der Waals surface area (Å²) in [6.07, 6.45) is 6.85. The molecular weight excluding hydrogens is 227 g/mol. The number of nitriles is 1. The van der Waals surface area contributed by atoms with E-state index in [9.17, 15) is 4.79 Å². The highest BCUT2D eigenvalue weighted by Crippen LogP contribution is 2.44. The van der Waals surface area contributed by atoms with Crippen molar-refractivity contribution in [2.24, 2.45) is 5.41 Å². The third-order valence-corrected chi connectivity index (χ3v) is 4.73. The van der Waals surface area contributed by atoms with Crippen LogP contribution >= 0.6 is 0 Å². The molecule has 2 rings (SSSR count). The Labute approximate surface area is 109 Å². The van der Waals surface area contributed by atoms with Crippen LogP contribution < -0.4 is 0 Å². The van der Waals surface area contributed by atoms with Crippen LogP contribution in [0.1, 0.15) is 25.7 Å². The highest BCUT2D eigenvalue weighted by atomic mass is 16.5. The molecule has 0 bridgehead atoms. The van der Waals surface area contributed by atoms with Gasteiger partial charge in [-0.3, -0.25) is 9.69 Å². The lowest BCUT2D eigenvalue weighted by molar-refractivity contribution is -0.142. The van der Waals surface area contributed by atoms with E-state index in [2.05, 4.69) is 10.9 Å². The Morgan fingerprint density at radius 2 is 1.94 bits per heavy atom. The molecule has 5 heteroatoms. The van der Waals surface area contributed by atoms with Crippen molar-refractivity contribution in [3.8, 4) is 5.97 Å². The first-order chi connectivity index (χ1) is 8.67. The quantitative estimate of drug-likeness (QED) is 0.550. The second kappa shape index (κ2) is 5.75. The van der Waals surface area contributed by atoms with Gasteiger partial charge in [-0.15, -0.1) is 0 Å². The molecule has 98 valence electrons. The van der Waals surface area contributed by atoms with E-state index in [4.69, 9.17) is 10.00 Å². The van der Waals surface area contributed by atoms with Crippen molar-refractivity contribution in [3.63, 3.8) is 0 Å². The van der Waals surface area contributed by atoms with E-state index in [0.717, 1.165) is 25.7 Å². The summed E-state index contributed by atoms with van der Waals surface area (Å²) < 4.78 is 4.70. The average Bonchev–Trinajstić information content (AvgIpc) is 2.42. The van der Waals surface area contributed by atoms with Crippen molar-refractivity contribution in [1.29, 1.82) is 5.26 Å². The standard InChI is InChI=1S/C13H21BN2O2/c1-18-12(17)10-16-8-4-13(5-9-16)2-6-14(11-15)7-3-13/h2-10H2,1H3. The first-order valence-corrected chi connectivity index (χ1v) is 6.86. The van der Waals surface area contributed by atoms with Crippen molar-refractivity contribution < 1.29 is 9.53 Å². The number of likely N-dealkylation sites (tertiary alicyclic amines) is 1. The second-order valence-corrected chi connectivity index (χ2v) is 5.76. The molecule has 1 spiro atoms. The number of methoxy groups -OCH3 is 1. The highest BCUT2D eigenvalue weighted by Gasteiger charge is 2.39. The maximum absolute atomic E-state index is 11.2. The van der Waals surface area contributed by atoms with Crippen molar-refractivity contribution in [1.82, 2.24) is 4.90 Å². The molecule has 18 heavy (non-hydrogen) atoms. The Kier molecular flexibility index (Phi) is 4.29. The molecule has 0 atom stereocenters. The Hall–Kier alpha value is -1.02. The van der Waals surface area contributed by atoms with Crippen molar-refractivity contribution in [3.05, 3.63) is 0 Å². The number of rotatable bonds is 2. The average molecular weight is 248 g/mol. The van der Waals surface area contributed by atoms with Crippen LogP contribution in [-0.4, -0.2) is 44.3 Å². The zero-order valence-electron chi connectivity index (χ0n) is 11.2. The van der Waals surface area contributed by atoms with Crippen molar-refractivity contribution in [2.45, 2.75) is 38.3 Å². The van der Waals surface area contributed by atoms with E-state index in [1.54, 1.807) is 0 Å². The van der Waals surface area contributed by atoms with Crippen LogP contribution in [0.25, 0.3) is 0 Å². The Balaban J connectivity index is 1.80. The highest BCUT2D eigenvalue weighted by molar-refractivity contribution is 6.67. The zero-order chi connectivity index (χ0) is 13.0. The van der Waals surface area contributed by atoms with Crippen LogP contribution in [-0.2, 0) is 9.53 Å². The molecule has 2 fully saturated rings. The maximum Gasteiger partial charge on any atom is 0.319 e. The molecule has 0 unspecified atom stereocenters. The third kappa shape index (κ3) is 3.05. The number of nitrogens with zero attached hydrogens (tertiary/aromatic N) is 2. The third-order valence-electron chi connectivity index (χ3n) is 4.73. The molecule has 0 aliphatic carbocycles. The van der Waals surface area contributed by atoms with E-state index < -0.39 is 0 Å². The first-order valence-electron chi connectivity index (χ1n) is 6.86. The molecular formula is C13H21BN2O2.